The molecule has 4 nitrogen and oxygen atoms in total. The van der Waals surface area contributed by atoms with E-state index >= 15 is 0 Å². The lowest BCUT2D eigenvalue weighted by Crippen LogP contribution is -2.11. The molecule has 0 radical (unpaired) electrons. The van der Waals surface area contributed by atoms with Crippen molar-refractivity contribution < 1.29 is 9.47 Å². The largest absolute Gasteiger partial charge is 0.491 e. The third kappa shape index (κ3) is 5.06. The van der Waals surface area contributed by atoms with E-state index in [-0.39, 0.29) is 6.10 Å². The molecule has 0 aliphatic heterocycles. The zero-order valence-electron chi connectivity index (χ0n) is 15.3. The van der Waals surface area contributed by atoms with Crippen molar-refractivity contribution in [2.24, 2.45) is 0 Å². The van der Waals surface area contributed by atoms with E-state index in [1.54, 1.807) is 19.5 Å². The van der Waals surface area contributed by atoms with Crippen LogP contribution in [0.4, 0.5) is 0 Å². The van der Waals surface area contributed by atoms with Crippen molar-refractivity contribution in [2.75, 3.05) is 7.11 Å². The van der Waals surface area contributed by atoms with Gasteiger partial charge in [-0.25, -0.2) is 4.98 Å². The van der Waals surface area contributed by atoms with Gasteiger partial charge in [0.2, 0.25) is 5.88 Å². The lowest BCUT2D eigenvalue weighted by atomic mass is 10.1. The summed E-state index contributed by atoms with van der Waals surface area (Å²) in [6, 6.07) is 16.1. The minimum atomic E-state index is 0.179. The smallest absolute Gasteiger partial charge is 0.213 e. The molecule has 2 aromatic heterocycles. The van der Waals surface area contributed by atoms with Crippen molar-refractivity contribution in [1.29, 1.82) is 0 Å². The molecule has 3 aromatic rings. The van der Waals surface area contributed by atoms with Crippen LogP contribution in [-0.2, 0) is 6.42 Å². The topological polar surface area (TPSA) is 44.2 Å². The Bertz CT molecular complexity index is 804. The number of methoxy groups -OCH3 is 1. The van der Waals surface area contributed by atoms with E-state index in [4.69, 9.17) is 9.47 Å². The number of pyridine rings is 2. The Morgan fingerprint density at radius 1 is 1.00 bits per heavy atom. The van der Waals surface area contributed by atoms with Gasteiger partial charge >= 0.3 is 0 Å². The Kier molecular flexibility index (Phi) is 6.20. The number of hydrogen-bond acceptors (Lipinski definition) is 4. The van der Waals surface area contributed by atoms with E-state index in [1.807, 2.05) is 36.5 Å². The molecule has 0 spiro atoms. The van der Waals surface area contributed by atoms with E-state index < -0.39 is 0 Å². The Morgan fingerprint density at radius 3 is 2.58 bits per heavy atom. The maximum absolute atomic E-state index is 6.04. The molecule has 1 aromatic carbocycles. The van der Waals surface area contributed by atoms with Crippen LogP contribution in [0.15, 0.2) is 67.1 Å². The fourth-order valence-corrected chi connectivity index (χ4v) is 2.86. The molecule has 1 atom stereocenters. The van der Waals surface area contributed by atoms with Crippen LogP contribution < -0.4 is 9.47 Å². The van der Waals surface area contributed by atoms with Crippen LogP contribution in [0, 0.1) is 0 Å². The first kappa shape index (κ1) is 17.9. The molecule has 0 fully saturated rings. The van der Waals surface area contributed by atoms with Gasteiger partial charge in [-0.3, -0.25) is 4.98 Å². The quantitative estimate of drug-likeness (QED) is 0.578. The molecule has 0 unspecified atom stereocenters. The second-order valence-corrected chi connectivity index (χ2v) is 6.29. The Balaban J connectivity index is 1.51. The SMILES string of the molecule is COc1cc(-c2ccc(O[C@@H](C)CCCc3cccnc3)cc2)ccn1. The minimum Gasteiger partial charge on any atom is -0.491 e. The molecular weight excluding hydrogens is 324 g/mol. The summed E-state index contributed by atoms with van der Waals surface area (Å²) < 4.78 is 11.2. The summed E-state index contributed by atoms with van der Waals surface area (Å²) in [6.45, 7) is 2.12. The first-order chi connectivity index (χ1) is 12.7. The van der Waals surface area contributed by atoms with Crippen LogP contribution in [0.1, 0.15) is 25.3 Å². The molecule has 2 heterocycles. The molecule has 3 rings (SSSR count). The average Bonchev–Trinajstić information content (AvgIpc) is 2.69. The normalized spacial score (nSPS) is 11.8. The average molecular weight is 348 g/mol. The third-order valence-electron chi connectivity index (χ3n) is 4.27. The van der Waals surface area contributed by atoms with Crippen molar-refractivity contribution in [1.82, 2.24) is 9.97 Å². The first-order valence-corrected chi connectivity index (χ1v) is 8.90. The van der Waals surface area contributed by atoms with Gasteiger partial charge in [0.25, 0.3) is 0 Å². The van der Waals surface area contributed by atoms with Crippen LogP contribution >= 0.6 is 0 Å². The standard InChI is InChI=1S/C22H24N2O2/c1-17(5-3-6-18-7-4-13-23-16-18)26-21-10-8-19(9-11-21)20-12-14-24-22(15-20)25-2/h4,7-17H,3,5-6H2,1-2H3/t17-/m0/s1. The van der Waals surface area contributed by atoms with Gasteiger partial charge in [-0.2, -0.15) is 0 Å². The number of aromatic nitrogens is 2. The summed E-state index contributed by atoms with van der Waals surface area (Å²) in [6.07, 6.45) is 8.80. The summed E-state index contributed by atoms with van der Waals surface area (Å²) in [7, 11) is 1.62. The Morgan fingerprint density at radius 2 is 1.85 bits per heavy atom. The van der Waals surface area contributed by atoms with Gasteiger partial charge in [0.1, 0.15) is 5.75 Å². The Labute approximate surface area is 154 Å². The zero-order valence-corrected chi connectivity index (χ0v) is 15.3. The van der Waals surface area contributed by atoms with E-state index in [9.17, 15) is 0 Å². The highest BCUT2D eigenvalue weighted by molar-refractivity contribution is 5.64. The molecule has 0 N–H and O–H groups in total. The zero-order chi connectivity index (χ0) is 18.2. The summed E-state index contributed by atoms with van der Waals surface area (Å²) in [4.78, 5) is 8.29. The van der Waals surface area contributed by atoms with Gasteiger partial charge < -0.3 is 9.47 Å². The monoisotopic (exact) mass is 348 g/mol. The molecule has 0 bridgehead atoms. The molecule has 134 valence electrons. The predicted molar refractivity (Wildman–Crippen MR) is 103 cm³/mol. The molecule has 4 heteroatoms. The van der Waals surface area contributed by atoms with Gasteiger partial charge in [0, 0.05) is 24.7 Å². The predicted octanol–water partition coefficient (Wildman–Crippen LogP) is 4.94. The molecule has 0 saturated heterocycles. The van der Waals surface area contributed by atoms with Crippen LogP contribution in [0.3, 0.4) is 0 Å². The van der Waals surface area contributed by atoms with Gasteiger partial charge in [-0.05, 0) is 67.1 Å². The summed E-state index contributed by atoms with van der Waals surface area (Å²) in [5.41, 5.74) is 3.46. The van der Waals surface area contributed by atoms with Gasteiger partial charge in [-0.15, -0.1) is 0 Å². The number of ether oxygens (including phenoxy) is 2. The lowest BCUT2D eigenvalue weighted by molar-refractivity contribution is 0.208. The molecule has 26 heavy (non-hydrogen) atoms. The highest BCUT2D eigenvalue weighted by Crippen LogP contribution is 2.25. The van der Waals surface area contributed by atoms with Crippen molar-refractivity contribution in [3.05, 3.63) is 72.7 Å². The fraction of sp³-hybridized carbons (Fsp3) is 0.273. The number of rotatable bonds is 8. The van der Waals surface area contributed by atoms with Crippen LogP contribution in [0.5, 0.6) is 11.6 Å². The van der Waals surface area contributed by atoms with Crippen molar-refractivity contribution >= 4 is 0 Å². The van der Waals surface area contributed by atoms with Crippen LogP contribution in [0.25, 0.3) is 11.1 Å². The third-order valence-corrected chi connectivity index (χ3v) is 4.27. The van der Waals surface area contributed by atoms with E-state index in [1.165, 1.54) is 5.56 Å². The van der Waals surface area contributed by atoms with E-state index in [2.05, 4.69) is 35.1 Å². The first-order valence-electron chi connectivity index (χ1n) is 8.90. The highest BCUT2D eigenvalue weighted by atomic mass is 16.5. The maximum Gasteiger partial charge on any atom is 0.213 e. The molecule has 0 amide bonds. The number of hydrogen-bond donors (Lipinski definition) is 0. The van der Waals surface area contributed by atoms with Gasteiger partial charge in [-0.1, -0.05) is 18.2 Å². The Hall–Kier alpha value is -2.88. The molecule has 0 aliphatic carbocycles. The maximum atomic E-state index is 6.04. The van der Waals surface area contributed by atoms with Crippen molar-refractivity contribution in [2.45, 2.75) is 32.3 Å². The minimum absolute atomic E-state index is 0.179. The second-order valence-electron chi connectivity index (χ2n) is 6.29. The molecule has 0 aliphatic rings. The van der Waals surface area contributed by atoms with Crippen molar-refractivity contribution in [3.8, 4) is 22.8 Å². The van der Waals surface area contributed by atoms with Gasteiger partial charge in [0.15, 0.2) is 0 Å². The number of nitrogens with zero attached hydrogens (tertiary/aromatic N) is 2. The van der Waals surface area contributed by atoms with Crippen LogP contribution in [0.2, 0.25) is 0 Å². The van der Waals surface area contributed by atoms with Gasteiger partial charge in [0.05, 0.1) is 13.2 Å². The van der Waals surface area contributed by atoms with Crippen molar-refractivity contribution in [3.63, 3.8) is 0 Å². The highest BCUT2D eigenvalue weighted by Gasteiger charge is 2.06. The summed E-state index contributed by atoms with van der Waals surface area (Å²) in [5, 5.41) is 0. The fourth-order valence-electron chi connectivity index (χ4n) is 2.86. The van der Waals surface area contributed by atoms with E-state index in [0.29, 0.717) is 5.88 Å². The van der Waals surface area contributed by atoms with E-state index in [0.717, 1.165) is 36.1 Å². The lowest BCUT2D eigenvalue weighted by Gasteiger charge is -2.15. The number of aryl methyl sites for hydroxylation is 1. The van der Waals surface area contributed by atoms with Crippen LogP contribution in [-0.4, -0.2) is 23.2 Å². The molecular formula is C22H24N2O2. The molecule has 0 saturated carbocycles. The second kappa shape index (κ2) is 8.99. The summed E-state index contributed by atoms with van der Waals surface area (Å²) >= 11 is 0. The number of benzene rings is 1. The summed E-state index contributed by atoms with van der Waals surface area (Å²) in [5.74, 6) is 1.51.